The molecule has 0 aromatic heterocycles. The van der Waals surface area contributed by atoms with Crippen LogP contribution in [0.3, 0.4) is 0 Å². The lowest BCUT2D eigenvalue weighted by atomic mass is 10.1. The van der Waals surface area contributed by atoms with Gasteiger partial charge in [0.1, 0.15) is 5.75 Å². The van der Waals surface area contributed by atoms with Crippen molar-refractivity contribution in [2.45, 2.75) is 51.2 Å². The summed E-state index contributed by atoms with van der Waals surface area (Å²) in [7, 11) is 0. The molecule has 0 N–H and O–H groups in total. The van der Waals surface area contributed by atoms with Gasteiger partial charge in [-0.25, -0.2) is 4.90 Å². The highest BCUT2D eigenvalue weighted by Crippen LogP contribution is 2.33. The minimum atomic E-state index is -4.39. The summed E-state index contributed by atoms with van der Waals surface area (Å²) >= 11 is 0. The third-order valence-corrected chi connectivity index (χ3v) is 6.78. The lowest BCUT2D eigenvalue weighted by Crippen LogP contribution is -2.52. The fraction of sp³-hybridized carbons (Fsp3) is 0.481. The number of imide groups is 1. The van der Waals surface area contributed by atoms with Gasteiger partial charge < -0.3 is 9.64 Å². The van der Waals surface area contributed by atoms with Crippen molar-refractivity contribution < 1.29 is 27.5 Å². The summed E-state index contributed by atoms with van der Waals surface area (Å²) < 4.78 is 45.0. The maximum Gasteiger partial charge on any atom is 0.416 e. The van der Waals surface area contributed by atoms with Crippen LogP contribution in [0.2, 0.25) is 0 Å². The van der Waals surface area contributed by atoms with Crippen LogP contribution >= 0.6 is 0 Å². The van der Waals surface area contributed by atoms with Gasteiger partial charge in [0, 0.05) is 31.9 Å². The van der Waals surface area contributed by atoms with Crippen LogP contribution in [0.4, 0.5) is 24.5 Å². The zero-order valence-electron chi connectivity index (χ0n) is 20.5. The predicted molar refractivity (Wildman–Crippen MR) is 132 cm³/mol. The van der Waals surface area contributed by atoms with Gasteiger partial charge in [0.15, 0.2) is 0 Å². The van der Waals surface area contributed by atoms with E-state index in [0.717, 1.165) is 25.0 Å². The third-order valence-electron chi connectivity index (χ3n) is 6.78. The van der Waals surface area contributed by atoms with Crippen LogP contribution in [0, 0.1) is 0 Å². The molecule has 2 aliphatic heterocycles. The van der Waals surface area contributed by atoms with Crippen molar-refractivity contribution in [3.8, 4) is 5.75 Å². The molecule has 0 spiro atoms. The van der Waals surface area contributed by atoms with Crippen LogP contribution in [0.25, 0.3) is 0 Å². The van der Waals surface area contributed by atoms with Gasteiger partial charge in [-0.05, 0) is 48.9 Å². The molecule has 2 aliphatic rings. The molecule has 9 heteroatoms. The van der Waals surface area contributed by atoms with Gasteiger partial charge in [0.2, 0.25) is 5.91 Å². The molecule has 194 valence electrons. The number of carbonyl (C=O) groups is 2. The molecule has 0 aliphatic carbocycles. The monoisotopic (exact) mass is 503 g/mol. The van der Waals surface area contributed by atoms with E-state index in [9.17, 15) is 22.8 Å². The number of hydrogen-bond acceptors (Lipinski definition) is 5. The van der Waals surface area contributed by atoms with Gasteiger partial charge >= 0.3 is 6.18 Å². The second-order valence-electron chi connectivity index (χ2n) is 9.26. The van der Waals surface area contributed by atoms with E-state index in [0.29, 0.717) is 49.9 Å². The first-order chi connectivity index (χ1) is 17.3. The number of benzene rings is 2. The van der Waals surface area contributed by atoms with Crippen LogP contribution < -0.4 is 14.5 Å². The van der Waals surface area contributed by atoms with Crippen molar-refractivity contribution in [2.24, 2.45) is 0 Å². The summed E-state index contributed by atoms with van der Waals surface area (Å²) in [6, 6.07) is 11.7. The summed E-state index contributed by atoms with van der Waals surface area (Å²) in [5.74, 6) is 0.191. The average molecular weight is 504 g/mol. The van der Waals surface area contributed by atoms with Crippen molar-refractivity contribution in [3.63, 3.8) is 0 Å². The fourth-order valence-electron chi connectivity index (χ4n) is 4.75. The van der Waals surface area contributed by atoms with Crippen molar-refractivity contribution in [1.29, 1.82) is 0 Å². The number of ether oxygens (including phenoxy) is 1. The van der Waals surface area contributed by atoms with Crippen LogP contribution in [-0.4, -0.2) is 55.5 Å². The molecule has 0 saturated carbocycles. The Morgan fingerprint density at radius 1 is 0.917 bits per heavy atom. The molecule has 2 aromatic carbocycles. The number of unbranched alkanes of at least 4 members (excludes halogenated alkanes) is 3. The highest BCUT2D eigenvalue weighted by Gasteiger charge is 2.43. The SMILES string of the molecule is CCCCCCOc1ccc(N2C(=O)CC(N3CCN(c4cccc(C(F)(F)F)c4)CC3)C2=O)cc1. The lowest BCUT2D eigenvalue weighted by molar-refractivity contribution is -0.137. The quantitative estimate of drug-likeness (QED) is 0.351. The number of hydrogen-bond donors (Lipinski definition) is 0. The minimum absolute atomic E-state index is 0.0953. The Balaban J connectivity index is 1.33. The molecule has 0 radical (unpaired) electrons. The molecule has 6 nitrogen and oxygen atoms in total. The molecule has 1 unspecified atom stereocenters. The molecular weight excluding hydrogens is 471 g/mol. The largest absolute Gasteiger partial charge is 0.494 e. The molecule has 0 bridgehead atoms. The maximum atomic E-state index is 13.2. The third kappa shape index (κ3) is 6.00. The van der Waals surface area contributed by atoms with E-state index in [1.807, 2.05) is 9.80 Å². The highest BCUT2D eigenvalue weighted by atomic mass is 19.4. The molecule has 2 saturated heterocycles. The van der Waals surface area contributed by atoms with E-state index in [2.05, 4.69) is 6.92 Å². The van der Waals surface area contributed by atoms with E-state index in [1.165, 1.54) is 23.8 Å². The van der Waals surface area contributed by atoms with Gasteiger partial charge in [-0.1, -0.05) is 32.3 Å². The Morgan fingerprint density at radius 3 is 2.31 bits per heavy atom. The van der Waals surface area contributed by atoms with E-state index < -0.39 is 17.8 Å². The summed E-state index contributed by atoms with van der Waals surface area (Å²) in [6.07, 6.45) is 0.166. The smallest absolute Gasteiger partial charge is 0.416 e. The molecule has 2 fully saturated rings. The molecule has 2 aromatic rings. The molecule has 36 heavy (non-hydrogen) atoms. The van der Waals surface area contributed by atoms with Crippen LogP contribution in [0.15, 0.2) is 48.5 Å². The van der Waals surface area contributed by atoms with Crippen molar-refractivity contribution in [2.75, 3.05) is 42.6 Å². The number of halogens is 3. The van der Waals surface area contributed by atoms with Gasteiger partial charge in [-0.15, -0.1) is 0 Å². The zero-order valence-corrected chi connectivity index (χ0v) is 20.5. The lowest BCUT2D eigenvalue weighted by Gasteiger charge is -2.38. The van der Waals surface area contributed by atoms with Crippen LogP contribution in [-0.2, 0) is 15.8 Å². The molecule has 2 heterocycles. The first-order valence-corrected chi connectivity index (χ1v) is 12.5. The first-order valence-electron chi connectivity index (χ1n) is 12.5. The number of anilines is 2. The zero-order chi connectivity index (χ0) is 25.7. The second kappa shape index (κ2) is 11.3. The number of amides is 2. The highest BCUT2D eigenvalue weighted by molar-refractivity contribution is 6.22. The van der Waals surface area contributed by atoms with E-state index >= 15 is 0 Å². The van der Waals surface area contributed by atoms with Crippen molar-refractivity contribution in [3.05, 3.63) is 54.1 Å². The normalized spacial score (nSPS) is 19.3. The maximum absolute atomic E-state index is 13.2. The Labute approximate surface area is 209 Å². The number of piperazine rings is 1. The molecule has 1 atom stereocenters. The van der Waals surface area contributed by atoms with Crippen molar-refractivity contribution >= 4 is 23.2 Å². The van der Waals surface area contributed by atoms with Crippen LogP contribution in [0.1, 0.15) is 44.6 Å². The van der Waals surface area contributed by atoms with E-state index in [-0.39, 0.29) is 18.2 Å². The molecular formula is C27H32F3N3O3. The van der Waals surface area contributed by atoms with E-state index in [4.69, 9.17) is 4.74 Å². The van der Waals surface area contributed by atoms with Gasteiger partial charge in [-0.3, -0.25) is 14.5 Å². The molecule has 2 amide bonds. The Morgan fingerprint density at radius 2 is 1.64 bits per heavy atom. The summed E-state index contributed by atoms with van der Waals surface area (Å²) in [5.41, 5.74) is 0.351. The first kappa shape index (κ1) is 26.0. The average Bonchev–Trinajstić information content (AvgIpc) is 3.17. The van der Waals surface area contributed by atoms with Crippen LogP contribution in [0.5, 0.6) is 5.75 Å². The Hall–Kier alpha value is -3.07. The van der Waals surface area contributed by atoms with Crippen molar-refractivity contribution in [1.82, 2.24) is 4.90 Å². The van der Waals surface area contributed by atoms with Gasteiger partial charge in [0.05, 0.1) is 30.3 Å². The fourth-order valence-corrected chi connectivity index (χ4v) is 4.75. The summed E-state index contributed by atoms with van der Waals surface area (Å²) in [4.78, 5) is 31.0. The summed E-state index contributed by atoms with van der Waals surface area (Å²) in [5, 5.41) is 0. The topological polar surface area (TPSA) is 53.1 Å². The summed E-state index contributed by atoms with van der Waals surface area (Å²) in [6.45, 7) is 4.71. The van der Waals surface area contributed by atoms with Gasteiger partial charge in [-0.2, -0.15) is 13.2 Å². The number of carbonyl (C=O) groups excluding carboxylic acids is 2. The number of alkyl halides is 3. The predicted octanol–water partition coefficient (Wildman–Crippen LogP) is 5.12. The van der Waals surface area contributed by atoms with Gasteiger partial charge in [0.25, 0.3) is 5.91 Å². The minimum Gasteiger partial charge on any atom is -0.494 e. The number of rotatable bonds is 9. The number of nitrogens with zero attached hydrogens (tertiary/aromatic N) is 3. The Kier molecular flexibility index (Phi) is 8.18. The van der Waals surface area contributed by atoms with E-state index in [1.54, 1.807) is 30.3 Å². The molecule has 4 rings (SSSR count). The Bertz CT molecular complexity index is 1050. The second-order valence-corrected chi connectivity index (χ2v) is 9.26. The standard InChI is InChI=1S/C27H32F3N3O3/c1-2-3-4-5-17-36-23-11-9-21(10-12-23)33-25(34)19-24(26(33)35)32-15-13-31(14-16-32)22-8-6-7-20(18-22)27(28,29)30/h6-12,18,24H,2-5,13-17,19H2,1H3.